The Morgan fingerprint density at radius 2 is 1.78 bits per heavy atom. The summed E-state index contributed by atoms with van der Waals surface area (Å²) in [5.41, 5.74) is 4.67. The number of nitrogens with zero attached hydrogens (tertiary/aromatic N) is 5. The molecule has 0 aliphatic rings. The third-order valence-corrected chi connectivity index (χ3v) is 4.28. The van der Waals surface area contributed by atoms with Crippen LogP contribution in [0.15, 0.2) is 59.9 Å². The molecule has 0 atom stereocenters. The molecular weight excluding hydrogens is 387 g/mol. The van der Waals surface area contributed by atoms with Gasteiger partial charge in [0.25, 0.3) is 0 Å². The Morgan fingerprint density at radius 3 is 2.56 bits per heavy atom. The molecule has 4 aromatic rings. The number of nitrogens with one attached hydrogen (secondary N) is 1. The maximum atomic E-state index is 13.0. The first-order chi connectivity index (χ1) is 13.1. The standard InChI is InChI=1S/C18H12Cl2N6O/c19-13-3-1-11(2-4-13)8-24-26-17(12-7-14(20)10-21-9-12)25-16-15(18(26)27)22-5-6-23-16/h1-7,9-10,24H,8H2. The van der Waals surface area contributed by atoms with Crippen LogP contribution in [0.1, 0.15) is 5.56 Å². The summed E-state index contributed by atoms with van der Waals surface area (Å²) < 4.78 is 1.33. The minimum absolute atomic E-state index is 0.167. The highest BCUT2D eigenvalue weighted by Crippen LogP contribution is 2.19. The Kier molecular flexibility index (Phi) is 4.70. The summed E-state index contributed by atoms with van der Waals surface area (Å²) in [5, 5.41) is 1.08. The van der Waals surface area contributed by atoms with Crippen molar-refractivity contribution in [1.82, 2.24) is 24.6 Å². The lowest BCUT2D eigenvalue weighted by Crippen LogP contribution is -2.32. The first kappa shape index (κ1) is 17.4. The van der Waals surface area contributed by atoms with Crippen molar-refractivity contribution in [3.63, 3.8) is 0 Å². The average Bonchev–Trinajstić information content (AvgIpc) is 2.68. The maximum absolute atomic E-state index is 13.0. The third kappa shape index (κ3) is 3.60. The maximum Gasteiger partial charge on any atom is 0.300 e. The average molecular weight is 399 g/mol. The highest BCUT2D eigenvalue weighted by atomic mass is 35.5. The van der Waals surface area contributed by atoms with E-state index in [1.54, 1.807) is 24.4 Å². The summed E-state index contributed by atoms with van der Waals surface area (Å²) in [6.45, 7) is 0.380. The molecule has 0 aliphatic heterocycles. The molecule has 27 heavy (non-hydrogen) atoms. The van der Waals surface area contributed by atoms with E-state index in [1.807, 2.05) is 12.1 Å². The van der Waals surface area contributed by atoms with Gasteiger partial charge in [-0.25, -0.2) is 19.6 Å². The summed E-state index contributed by atoms with van der Waals surface area (Å²) in [7, 11) is 0. The number of pyridine rings is 1. The lowest BCUT2D eigenvalue weighted by molar-refractivity contribution is 0.796. The van der Waals surface area contributed by atoms with Crippen LogP contribution in [0.2, 0.25) is 10.0 Å². The van der Waals surface area contributed by atoms with Gasteiger partial charge in [-0.1, -0.05) is 35.3 Å². The summed E-state index contributed by atoms with van der Waals surface area (Å²) in [6, 6.07) is 8.99. The van der Waals surface area contributed by atoms with Gasteiger partial charge in [-0.15, -0.1) is 0 Å². The second-order valence-electron chi connectivity index (χ2n) is 5.66. The van der Waals surface area contributed by atoms with Crippen LogP contribution in [-0.4, -0.2) is 24.6 Å². The Hall–Kier alpha value is -3.03. The van der Waals surface area contributed by atoms with Crippen LogP contribution < -0.4 is 11.0 Å². The number of fused-ring (bicyclic) bond motifs is 1. The molecule has 1 aromatic carbocycles. The molecule has 7 nitrogen and oxygen atoms in total. The molecule has 3 aromatic heterocycles. The van der Waals surface area contributed by atoms with Crippen LogP contribution in [0.3, 0.4) is 0 Å². The van der Waals surface area contributed by atoms with Gasteiger partial charge in [0.15, 0.2) is 17.0 Å². The molecule has 0 fully saturated rings. The molecule has 9 heteroatoms. The zero-order valence-corrected chi connectivity index (χ0v) is 15.3. The highest BCUT2D eigenvalue weighted by molar-refractivity contribution is 6.30. The second kappa shape index (κ2) is 7.30. The molecule has 0 saturated heterocycles. The minimum atomic E-state index is -0.364. The van der Waals surface area contributed by atoms with Gasteiger partial charge in [-0.2, -0.15) is 0 Å². The first-order valence-electron chi connectivity index (χ1n) is 7.95. The van der Waals surface area contributed by atoms with Crippen molar-refractivity contribution in [2.75, 3.05) is 5.43 Å². The summed E-state index contributed by atoms with van der Waals surface area (Å²) in [5.74, 6) is 0.344. The largest absolute Gasteiger partial charge is 0.317 e. The molecule has 0 aliphatic carbocycles. The number of hydrogen-bond acceptors (Lipinski definition) is 6. The zero-order chi connectivity index (χ0) is 18.8. The Bertz CT molecular complexity index is 1180. The van der Waals surface area contributed by atoms with Gasteiger partial charge in [0, 0.05) is 35.4 Å². The van der Waals surface area contributed by atoms with E-state index in [1.165, 1.54) is 23.3 Å². The molecule has 0 spiro atoms. The van der Waals surface area contributed by atoms with E-state index in [2.05, 4.69) is 25.4 Å². The number of benzene rings is 1. The molecule has 0 bridgehead atoms. The zero-order valence-electron chi connectivity index (χ0n) is 13.8. The first-order valence-corrected chi connectivity index (χ1v) is 8.70. The van der Waals surface area contributed by atoms with Crippen molar-refractivity contribution >= 4 is 34.4 Å². The predicted molar refractivity (Wildman–Crippen MR) is 104 cm³/mol. The number of hydrogen-bond donors (Lipinski definition) is 1. The molecule has 0 amide bonds. The molecule has 3 heterocycles. The monoisotopic (exact) mass is 398 g/mol. The Morgan fingerprint density at radius 1 is 1.00 bits per heavy atom. The van der Waals surface area contributed by atoms with Crippen LogP contribution >= 0.6 is 23.2 Å². The lowest BCUT2D eigenvalue weighted by Gasteiger charge is -2.15. The van der Waals surface area contributed by atoms with E-state index < -0.39 is 0 Å². The molecule has 0 saturated carbocycles. The van der Waals surface area contributed by atoms with Crippen molar-refractivity contribution < 1.29 is 0 Å². The van der Waals surface area contributed by atoms with E-state index in [0.29, 0.717) is 28.0 Å². The van der Waals surface area contributed by atoms with Crippen molar-refractivity contribution in [3.8, 4) is 11.4 Å². The van der Waals surface area contributed by atoms with E-state index >= 15 is 0 Å². The highest BCUT2D eigenvalue weighted by Gasteiger charge is 2.15. The topological polar surface area (TPSA) is 85.6 Å². The summed E-state index contributed by atoms with van der Waals surface area (Å²) in [6.07, 6.45) is 6.03. The van der Waals surface area contributed by atoms with Crippen LogP contribution in [0.25, 0.3) is 22.6 Å². The van der Waals surface area contributed by atoms with Gasteiger partial charge in [0.05, 0.1) is 11.6 Å². The molecule has 134 valence electrons. The molecule has 1 N–H and O–H groups in total. The minimum Gasteiger partial charge on any atom is -0.317 e. The molecule has 0 radical (unpaired) electrons. The molecule has 4 rings (SSSR count). The number of aromatic nitrogens is 5. The van der Waals surface area contributed by atoms with Crippen molar-refractivity contribution in [1.29, 1.82) is 0 Å². The quantitative estimate of drug-likeness (QED) is 0.567. The predicted octanol–water partition coefficient (Wildman–Crippen LogP) is 3.30. The van der Waals surface area contributed by atoms with E-state index in [-0.39, 0.29) is 16.7 Å². The normalized spacial score (nSPS) is 10.9. The molecular formula is C18H12Cl2N6O. The van der Waals surface area contributed by atoms with Gasteiger partial charge < -0.3 is 5.43 Å². The van der Waals surface area contributed by atoms with Gasteiger partial charge >= 0.3 is 5.56 Å². The van der Waals surface area contributed by atoms with Gasteiger partial charge in [-0.3, -0.25) is 9.78 Å². The van der Waals surface area contributed by atoms with Gasteiger partial charge in [0.2, 0.25) is 0 Å². The van der Waals surface area contributed by atoms with Crippen molar-refractivity contribution in [2.45, 2.75) is 6.54 Å². The van der Waals surface area contributed by atoms with Crippen LogP contribution in [0, 0.1) is 0 Å². The van der Waals surface area contributed by atoms with Gasteiger partial charge in [-0.05, 0) is 23.8 Å². The third-order valence-electron chi connectivity index (χ3n) is 3.83. The van der Waals surface area contributed by atoms with Crippen LogP contribution in [-0.2, 0) is 6.54 Å². The molecule has 0 unspecified atom stereocenters. The fourth-order valence-corrected chi connectivity index (χ4v) is 2.86. The van der Waals surface area contributed by atoms with Crippen molar-refractivity contribution in [3.05, 3.63) is 81.1 Å². The summed E-state index contributed by atoms with van der Waals surface area (Å²) in [4.78, 5) is 29.8. The van der Waals surface area contributed by atoms with Crippen LogP contribution in [0.4, 0.5) is 0 Å². The Labute approximate surface area is 163 Å². The van der Waals surface area contributed by atoms with E-state index in [4.69, 9.17) is 23.2 Å². The SMILES string of the molecule is O=c1c2nccnc2nc(-c2cncc(Cl)c2)n1NCc1ccc(Cl)cc1. The smallest absolute Gasteiger partial charge is 0.300 e. The fraction of sp³-hybridized carbons (Fsp3) is 0.0556. The van der Waals surface area contributed by atoms with Crippen LogP contribution in [0.5, 0.6) is 0 Å². The fourth-order valence-electron chi connectivity index (χ4n) is 2.56. The van der Waals surface area contributed by atoms with E-state index in [0.717, 1.165) is 5.56 Å². The number of rotatable bonds is 4. The van der Waals surface area contributed by atoms with Gasteiger partial charge in [0.1, 0.15) is 0 Å². The van der Waals surface area contributed by atoms with E-state index in [9.17, 15) is 4.79 Å². The number of halogens is 2. The lowest BCUT2D eigenvalue weighted by atomic mass is 10.2. The second-order valence-corrected chi connectivity index (χ2v) is 6.53. The Balaban J connectivity index is 1.83. The summed E-state index contributed by atoms with van der Waals surface area (Å²) >= 11 is 12.0. The van der Waals surface area contributed by atoms with Crippen molar-refractivity contribution in [2.24, 2.45) is 0 Å².